The Morgan fingerprint density at radius 2 is 2.27 bits per heavy atom. The van der Waals surface area contributed by atoms with Crippen LogP contribution in [0.4, 0.5) is 5.69 Å². The second kappa shape index (κ2) is 3.88. The molecule has 1 aliphatic carbocycles. The highest BCUT2D eigenvalue weighted by Crippen LogP contribution is 2.30. The zero-order valence-electron chi connectivity index (χ0n) is 8.60. The Labute approximate surface area is 88.0 Å². The maximum absolute atomic E-state index is 10.6. The molecule has 1 saturated carbocycles. The van der Waals surface area contributed by atoms with Crippen LogP contribution in [0, 0.1) is 23.0 Å². The van der Waals surface area contributed by atoms with Gasteiger partial charge in [0.15, 0.2) is 0 Å². The minimum atomic E-state index is -0.375. The molecule has 0 N–H and O–H groups in total. The molecule has 80 valence electrons. The van der Waals surface area contributed by atoms with Crippen molar-refractivity contribution in [3.05, 3.63) is 33.9 Å². The molecule has 0 radical (unpaired) electrons. The van der Waals surface area contributed by atoms with Gasteiger partial charge in [-0.1, -0.05) is 0 Å². The molecule has 0 unspecified atom stereocenters. The third kappa shape index (κ3) is 2.46. The van der Waals surface area contributed by atoms with Crippen LogP contribution in [-0.4, -0.2) is 11.5 Å². The van der Waals surface area contributed by atoms with E-state index in [0.717, 1.165) is 12.4 Å². The van der Waals surface area contributed by atoms with Crippen LogP contribution in [0.1, 0.15) is 18.4 Å². The lowest BCUT2D eigenvalue weighted by molar-refractivity contribution is -0.385. The van der Waals surface area contributed by atoms with Gasteiger partial charge >= 0.3 is 0 Å². The third-order valence-electron chi connectivity index (χ3n) is 2.55. The van der Waals surface area contributed by atoms with Crippen molar-refractivity contribution in [2.45, 2.75) is 19.8 Å². The Balaban J connectivity index is 2.06. The summed E-state index contributed by atoms with van der Waals surface area (Å²) in [6.45, 7) is 2.46. The smallest absolute Gasteiger partial charge is 0.272 e. The van der Waals surface area contributed by atoms with E-state index in [0.29, 0.717) is 11.5 Å². The molecule has 1 aliphatic rings. The monoisotopic (exact) mass is 207 g/mol. The third-order valence-corrected chi connectivity index (χ3v) is 2.55. The largest absolute Gasteiger partial charge is 0.493 e. The summed E-state index contributed by atoms with van der Waals surface area (Å²) < 4.78 is 5.52. The first-order chi connectivity index (χ1) is 7.16. The highest BCUT2D eigenvalue weighted by atomic mass is 16.6. The van der Waals surface area contributed by atoms with E-state index in [1.165, 1.54) is 18.9 Å². The summed E-state index contributed by atoms with van der Waals surface area (Å²) in [7, 11) is 0. The number of aryl methyl sites for hydroxylation is 1. The van der Waals surface area contributed by atoms with Gasteiger partial charge in [0.25, 0.3) is 5.69 Å². The maximum Gasteiger partial charge on any atom is 0.272 e. The van der Waals surface area contributed by atoms with Crippen molar-refractivity contribution in [3.8, 4) is 5.75 Å². The van der Waals surface area contributed by atoms with Gasteiger partial charge in [0.05, 0.1) is 11.5 Å². The van der Waals surface area contributed by atoms with Crippen LogP contribution in [0.15, 0.2) is 18.2 Å². The lowest BCUT2D eigenvalue weighted by Gasteiger charge is -2.05. The molecule has 0 atom stereocenters. The highest BCUT2D eigenvalue weighted by molar-refractivity contribution is 5.44. The first kappa shape index (κ1) is 9.96. The quantitative estimate of drug-likeness (QED) is 0.563. The standard InChI is InChI=1S/C11H13NO3/c1-8-6-10(15-7-9-2-3-9)4-5-11(8)12(13)14/h4-6,9H,2-3,7H2,1H3. The summed E-state index contributed by atoms with van der Waals surface area (Å²) in [5.41, 5.74) is 0.794. The molecule has 1 aromatic carbocycles. The second-order valence-electron chi connectivity index (χ2n) is 3.96. The van der Waals surface area contributed by atoms with Crippen LogP contribution in [0.3, 0.4) is 0 Å². The van der Waals surface area contributed by atoms with Crippen molar-refractivity contribution in [3.63, 3.8) is 0 Å². The molecule has 1 aromatic rings. The van der Waals surface area contributed by atoms with E-state index in [1.807, 2.05) is 0 Å². The van der Waals surface area contributed by atoms with Crippen LogP contribution < -0.4 is 4.74 Å². The summed E-state index contributed by atoms with van der Waals surface area (Å²) in [4.78, 5) is 10.2. The molecule has 0 bridgehead atoms. The van der Waals surface area contributed by atoms with E-state index in [2.05, 4.69) is 0 Å². The Morgan fingerprint density at radius 1 is 1.53 bits per heavy atom. The Morgan fingerprint density at radius 3 is 2.80 bits per heavy atom. The molecule has 1 fully saturated rings. The van der Waals surface area contributed by atoms with E-state index in [-0.39, 0.29) is 10.6 Å². The molecule has 0 spiro atoms. The minimum absolute atomic E-state index is 0.147. The number of nitro groups is 1. The molecule has 0 saturated heterocycles. The lowest BCUT2D eigenvalue weighted by atomic mass is 10.2. The molecule has 15 heavy (non-hydrogen) atoms. The number of ether oxygens (including phenoxy) is 1. The van der Waals surface area contributed by atoms with Crippen molar-refractivity contribution < 1.29 is 9.66 Å². The fraction of sp³-hybridized carbons (Fsp3) is 0.455. The van der Waals surface area contributed by atoms with E-state index in [9.17, 15) is 10.1 Å². The molecule has 4 heteroatoms. The predicted molar refractivity (Wildman–Crippen MR) is 56.1 cm³/mol. The van der Waals surface area contributed by atoms with Crippen LogP contribution in [0.25, 0.3) is 0 Å². The van der Waals surface area contributed by atoms with E-state index in [1.54, 1.807) is 19.1 Å². The summed E-state index contributed by atoms with van der Waals surface area (Å²) >= 11 is 0. The molecule has 0 aromatic heterocycles. The average molecular weight is 207 g/mol. The van der Waals surface area contributed by atoms with Crippen molar-refractivity contribution in [2.24, 2.45) is 5.92 Å². The predicted octanol–water partition coefficient (Wildman–Crippen LogP) is 2.69. The Kier molecular flexibility index (Phi) is 2.58. The van der Waals surface area contributed by atoms with Gasteiger partial charge in [-0.25, -0.2) is 0 Å². The van der Waals surface area contributed by atoms with Gasteiger partial charge in [0.2, 0.25) is 0 Å². The lowest BCUT2D eigenvalue weighted by Crippen LogP contribution is -1.99. The fourth-order valence-corrected chi connectivity index (χ4v) is 1.42. The summed E-state index contributed by atoms with van der Waals surface area (Å²) in [6.07, 6.45) is 2.48. The van der Waals surface area contributed by atoms with Crippen molar-refractivity contribution in [1.82, 2.24) is 0 Å². The summed E-state index contributed by atoms with van der Waals surface area (Å²) in [5.74, 6) is 1.42. The molecule has 0 aliphatic heterocycles. The number of nitro benzene ring substituents is 1. The minimum Gasteiger partial charge on any atom is -0.493 e. The summed E-state index contributed by atoms with van der Waals surface area (Å²) in [5, 5.41) is 10.6. The van der Waals surface area contributed by atoms with Crippen LogP contribution in [-0.2, 0) is 0 Å². The first-order valence-corrected chi connectivity index (χ1v) is 5.04. The van der Waals surface area contributed by atoms with Crippen LogP contribution >= 0.6 is 0 Å². The number of nitrogens with zero attached hydrogens (tertiary/aromatic N) is 1. The number of benzene rings is 1. The van der Waals surface area contributed by atoms with Gasteiger partial charge in [0.1, 0.15) is 5.75 Å². The zero-order chi connectivity index (χ0) is 10.8. The molecular formula is C11H13NO3. The molecular weight excluding hydrogens is 194 g/mol. The van der Waals surface area contributed by atoms with Gasteiger partial charge in [-0.15, -0.1) is 0 Å². The number of rotatable bonds is 4. The Hall–Kier alpha value is -1.58. The number of hydrogen-bond donors (Lipinski definition) is 0. The van der Waals surface area contributed by atoms with Crippen molar-refractivity contribution >= 4 is 5.69 Å². The maximum atomic E-state index is 10.6. The van der Waals surface area contributed by atoms with Gasteiger partial charge in [-0.05, 0) is 37.8 Å². The van der Waals surface area contributed by atoms with Crippen LogP contribution in [0.5, 0.6) is 5.75 Å². The van der Waals surface area contributed by atoms with Crippen molar-refractivity contribution in [2.75, 3.05) is 6.61 Å². The molecule has 4 nitrogen and oxygen atoms in total. The molecule has 2 rings (SSSR count). The fourth-order valence-electron chi connectivity index (χ4n) is 1.42. The second-order valence-corrected chi connectivity index (χ2v) is 3.96. The summed E-state index contributed by atoms with van der Waals surface area (Å²) in [6, 6.07) is 4.88. The number of hydrogen-bond acceptors (Lipinski definition) is 3. The van der Waals surface area contributed by atoms with Gasteiger partial charge < -0.3 is 4.74 Å². The SMILES string of the molecule is Cc1cc(OCC2CC2)ccc1[N+](=O)[O-]. The zero-order valence-corrected chi connectivity index (χ0v) is 8.60. The van der Waals surface area contributed by atoms with E-state index >= 15 is 0 Å². The van der Waals surface area contributed by atoms with E-state index in [4.69, 9.17) is 4.74 Å². The van der Waals surface area contributed by atoms with Crippen LogP contribution in [0.2, 0.25) is 0 Å². The van der Waals surface area contributed by atoms with E-state index < -0.39 is 0 Å². The van der Waals surface area contributed by atoms with Gasteiger partial charge in [-0.3, -0.25) is 10.1 Å². The van der Waals surface area contributed by atoms with Gasteiger partial charge in [-0.2, -0.15) is 0 Å². The van der Waals surface area contributed by atoms with Gasteiger partial charge in [0, 0.05) is 11.6 Å². The Bertz CT molecular complexity index is 385. The molecule has 0 heterocycles. The molecule has 0 amide bonds. The average Bonchev–Trinajstić information content (AvgIpc) is 2.97. The topological polar surface area (TPSA) is 52.4 Å². The normalized spacial score (nSPS) is 15.0. The van der Waals surface area contributed by atoms with Crippen molar-refractivity contribution in [1.29, 1.82) is 0 Å². The first-order valence-electron chi connectivity index (χ1n) is 5.04. The highest BCUT2D eigenvalue weighted by Gasteiger charge is 2.22.